The molecule has 1 heterocycles. The molecule has 1 aliphatic rings. The van der Waals surface area contributed by atoms with Gasteiger partial charge in [-0.25, -0.2) is 8.78 Å². The van der Waals surface area contributed by atoms with Crippen LogP contribution in [0.5, 0.6) is 0 Å². The minimum atomic E-state index is -0.795. The lowest BCUT2D eigenvalue weighted by molar-refractivity contribution is 0.509. The molecule has 2 aromatic rings. The summed E-state index contributed by atoms with van der Waals surface area (Å²) < 4.78 is 26.3. The van der Waals surface area contributed by atoms with Gasteiger partial charge in [-0.15, -0.1) is 0 Å². The zero-order valence-electron chi connectivity index (χ0n) is 12.9. The molecular formula is C19H21F2Si. The maximum atomic E-state index is 13.3. The van der Waals surface area contributed by atoms with Crippen molar-refractivity contribution < 1.29 is 8.78 Å². The van der Waals surface area contributed by atoms with Gasteiger partial charge in [0, 0.05) is 8.80 Å². The van der Waals surface area contributed by atoms with Gasteiger partial charge in [-0.2, -0.15) is 0 Å². The van der Waals surface area contributed by atoms with Crippen LogP contribution in [0, 0.1) is 11.6 Å². The Bertz CT molecular complexity index is 628. The minimum absolute atomic E-state index is 0.0635. The molecule has 115 valence electrons. The summed E-state index contributed by atoms with van der Waals surface area (Å²) in [5.74, 6) is -0.904. The predicted molar refractivity (Wildman–Crippen MR) is 89.6 cm³/mol. The van der Waals surface area contributed by atoms with Gasteiger partial charge in [0.2, 0.25) is 0 Å². The predicted octanol–water partition coefficient (Wildman–Crippen LogP) is 6.02. The van der Waals surface area contributed by atoms with Gasteiger partial charge in [-0.1, -0.05) is 55.4 Å². The van der Waals surface area contributed by atoms with Gasteiger partial charge in [0.05, 0.1) is 0 Å². The van der Waals surface area contributed by atoms with Crippen molar-refractivity contribution in [3.63, 3.8) is 0 Å². The highest BCUT2D eigenvalue weighted by Crippen LogP contribution is 2.35. The van der Waals surface area contributed by atoms with Crippen molar-refractivity contribution in [2.24, 2.45) is 0 Å². The third-order valence-corrected chi connectivity index (χ3v) is 7.82. The highest BCUT2D eigenvalue weighted by molar-refractivity contribution is 6.58. The monoisotopic (exact) mass is 315 g/mol. The topological polar surface area (TPSA) is 0 Å². The summed E-state index contributed by atoms with van der Waals surface area (Å²) in [4.78, 5) is 0. The second-order valence-electron chi connectivity index (χ2n) is 6.13. The first-order valence-corrected chi connectivity index (χ1v) is 10.2. The van der Waals surface area contributed by atoms with E-state index < -0.39 is 11.6 Å². The Balaban J connectivity index is 1.74. The lowest BCUT2D eigenvalue weighted by atomic mass is 9.92. The molecule has 0 bridgehead atoms. The fourth-order valence-electron chi connectivity index (χ4n) is 3.34. The summed E-state index contributed by atoms with van der Waals surface area (Å²) in [6.07, 6.45) is 2.62. The number of rotatable bonds is 3. The number of hydrogen-bond acceptors (Lipinski definition) is 0. The van der Waals surface area contributed by atoms with Gasteiger partial charge in [-0.3, -0.25) is 0 Å². The molecule has 22 heavy (non-hydrogen) atoms. The Morgan fingerprint density at radius 1 is 0.909 bits per heavy atom. The first kappa shape index (κ1) is 15.4. The van der Waals surface area contributed by atoms with E-state index in [1.165, 1.54) is 48.7 Å². The molecule has 0 amide bonds. The summed E-state index contributed by atoms with van der Waals surface area (Å²) in [6, 6.07) is 16.7. The second-order valence-corrected chi connectivity index (χ2v) is 9.34. The maximum absolute atomic E-state index is 13.3. The van der Waals surface area contributed by atoms with Crippen LogP contribution in [-0.4, -0.2) is 8.80 Å². The lowest BCUT2D eigenvalue weighted by Crippen LogP contribution is -2.19. The molecule has 0 unspecified atom stereocenters. The molecule has 0 spiro atoms. The van der Waals surface area contributed by atoms with Crippen LogP contribution >= 0.6 is 0 Å². The van der Waals surface area contributed by atoms with Gasteiger partial charge in [0.1, 0.15) is 0 Å². The highest BCUT2D eigenvalue weighted by Gasteiger charge is 2.22. The molecule has 1 aliphatic heterocycles. The summed E-state index contributed by atoms with van der Waals surface area (Å²) in [5.41, 5.74) is 3.06. The van der Waals surface area contributed by atoms with Crippen LogP contribution in [0.4, 0.5) is 8.78 Å². The smallest absolute Gasteiger partial charge is 0.159 e. The molecule has 0 atom stereocenters. The molecule has 3 rings (SSSR count). The van der Waals surface area contributed by atoms with E-state index in [-0.39, 0.29) is 8.80 Å². The summed E-state index contributed by atoms with van der Waals surface area (Å²) in [7, 11) is -0.0635. The van der Waals surface area contributed by atoms with Crippen LogP contribution < -0.4 is 0 Å². The van der Waals surface area contributed by atoms with Crippen molar-refractivity contribution in [1.82, 2.24) is 0 Å². The summed E-state index contributed by atoms with van der Waals surface area (Å²) in [5, 5.41) is 0. The fraction of sp³-hybridized carbons (Fsp3) is 0.368. The molecule has 0 saturated carbocycles. The van der Waals surface area contributed by atoms with Gasteiger partial charge >= 0.3 is 0 Å². The van der Waals surface area contributed by atoms with E-state index in [1.54, 1.807) is 6.07 Å². The Kier molecular flexibility index (Phi) is 4.72. The minimum Gasteiger partial charge on any atom is -0.204 e. The second kappa shape index (κ2) is 6.74. The molecular weight excluding hydrogens is 294 g/mol. The normalized spacial score (nSPS) is 16.9. The summed E-state index contributed by atoms with van der Waals surface area (Å²) in [6.45, 7) is 2.32. The average Bonchev–Trinajstić information content (AvgIpc) is 2.58. The molecule has 1 saturated heterocycles. The molecule has 1 fully saturated rings. The fourth-order valence-corrected chi connectivity index (χ4v) is 5.81. The zero-order valence-corrected chi connectivity index (χ0v) is 13.9. The van der Waals surface area contributed by atoms with Crippen molar-refractivity contribution >= 4 is 8.80 Å². The van der Waals surface area contributed by atoms with E-state index in [1.807, 2.05) is 12.1 Å². The zero-order chi connectivity index (χ0) is 15.5. The van der Waals surface area contributed by atoms with Gasteiger partial charge in [0.15, 0.2) is 11.6 Å². The van der Waals surface area contributed by atoms with Crippen molar-refractivity contribution in [2.75, 3.05) is 0 Å². The highest BCUT2D eigenvalue weighted by atomic mass is 28.3. The van der Waals surface area contributed by atoms with Gasteiger partial charge < -0.3 is 0 Å². The van der Waals surface area contributed by atoms with Gasteiger partial charge in [0.25, 0.3) is 0 Å². The van der Waals surface area contributed by atoms with E-state index in [4.69, 9.17) is 0 Å². The molecule has 0 nitrogen and oxygen atoms in total. The third kappa shape index (κ3) is 3.30. The van der Waals surface area contributed by atoms with Crippen molar-refractivity contribution in [3.05, 3.63) is 59.7 Å². The number of benzene rings is 2. The van der Waals surface area contributed by atoms with E-state index in [2.05, 4.69) is 19.1 Å². The van der Waals surface area contributed by atoms with E-state index in [0.29, 0.717) is 5.92 Å². The number of halogens is 2. The molecule has 3 heteroatoms. The standard InChI is InChI=1S/C19H21F2Si/c1-2-22-11-9-16(10-12-22)14-3-5-15(6-4-14)17-7-8-18(20)19(21)13-17/h3-8,13,16H,2,9-12H2,1H3. The molecule has 1 radical (unpaired) electrons. The van der Waals surface area contributed by atoms with Crippen LogP contribution in [0.15, 0.2) is 42.5 Å². The third-order valence-electron chi connectivity index (χ3n) is 4.83. The SMILES string of the molecule is CC[Si]1CCC(c2ccc(-c3ccc(F)c(F)c3)cc2)CC1. The first-order valence-electron chi connectivity index (χ1n) is 8.06. The molecule has 0 aliphatic carbocycles. The quantitative estimate of drug-likeness (QED) is 0.607. The van der Waals surface area contributed by atoms with Crippen LogP contribution in [-0.2, 0) is 0 Å². The Hall–Kier alpha value is -1.48. The van der Waals surface area contributed by atoms with Crippen LogP contribution in [0.2, 0.25) is 18.1 Å². The first-order chi connectivity index (χ1) is 10.7. The van der Waals surface area contributed by atoms with Crippen LogP contribution in [0.3, 0.4) is 0 Å². The largest absolute Gasteiger partial charge is 0.204 e. The average molecular weight is 315 g/mol. The van der Waals surface area contributed by atoms with E-state index in [9.17, 15) is 8.78 Å². The van der Waals surface area contributed by atoms with Crippen LogP contribution in [0.1, 0.15) is 31.2 Å². The van der Waals surface area contributed by atoms with Gasteiger partial charge in [-0.05, 0) is 47.6 Å². The van der Waals surface area contributed by atoms with Crippen molar-refractivity contribution in [1.29, 1.82) is 0 Å². The van der Waals surface area contributed by atoms with Crippen molar-refractivity contribution in [3.8, 4) is 11.1 Å². The Labute approximate surface area is 132 Å². The van der Waals surface area contributed by atoms with Crippen LogP contribution in [0.25, 0.3) is 11.1 Å². The Morgan fingerprint density at radius 2 is 1.55 bits per heavy atom. The summed E-state index contributed by atoms with van der Waals surface area (Å²) >= 11 is 0. The molecule has 0 N–H and O–H groups in total. The van der Waals surface area contributed by atoms with E-state index >= 15 is 0 Å². The lowest BCUT2D eigenvalue weighted by Gasteiger charge is -2.27. The molecule has 2 aromatic carbocycles. The number of hydrogen-bond donors (Lipinski definition) is 0. The maximum Gasteiger partial charge on any atom is 0.159 e. The van der Waals surface area contributed by atoms with Crippen molar-refractivity contribution in [2.45, 2.75) is 43.8 Å². The van der Waals surface area contributed by atoms with E-state index in [0.717, 1.165) is 11.1 Å². The molecule has 0 aromatic heterocycles. The Morgan fingerprint density at radius 3 is 2.14 bits per heavy atom.